The van der Waals surface area contributed by atoms with Gasteiger partial charge in [-0.2, -0.15) is 0 Å². The van der Waals surface area contributed by atoms with Crippen molar-refractivity contribution in [2.75, 3.05) is 4.81 Å². The Morgan fingerprint density at radius 3 is 2.00 bits per heavy atom. The number of nitrogens with zero attached hydrogens (tertiary/aromatic N) is 2. The molecule has 3 nitrogen and oxygen atoms in total. The summed E-state index contributed by atoms with van der Waals surface area (Å²) in [6.45, 7) is 28.6. The molecule has 0 spiro atoms. The second-order valence-corrected chi connectivity index (χ2v) is 25.8. The number of rotatable bonds is 1. The quantitative estimate of drug-likeness (QED) is 0.153. The molecule has 0 saturated carbocycles. The molecule has 5 heteroatoms. The van der Waals surface area contributed by atoms with Crippen LogP contribution >= 0.6 is 11.3 Å². The molecule has 0 amide bonds. The van der Waals surface area contributed by atoms with E-state index in [2.05, 4.69) is 208 Å². The third kappa shape index (κ3) is 5.11. The predicted molar refractivity (Wildman–Crippen MR) is 293 cm³/mol. The average molecular weight is 903 g/mol. The van der Waals surface area contributed by atoms with Crippen molar-refractivity contribution < 1.29 is 4.42 Å². The van der Waals surface area contributed by atoms with Gasteiger partial charge in [-0.1, -0.05) is 144 Å². The van der Waals surface area contributed by atoms with Gasteiger partial charge in [-0.3, -0.25) is 0 Å². The maximum atomic E-state index is 7.40. The van der Waals surface area contributed by atoms with Gasteiger partial charge < -0.3 is 13.8 Å². The molecule has 336 valence electrons. The first-order valence-electron chi connectivity index (χ1n) is 25.0. The summed E-state index contributed by atoms with van der Waals surface area (Å²) in [4.78, 5) is 2.75. The van der Waals surface area contributed by atoms with E-state index >= 15 is 0 Å². The number of fused-ring (bicyclic) bond motifs is 19. The Kier molecular flexibility index (Phi) is 7.70. The van der Waals surface area contributed by atoms with Crippen molar-refractivity contribution in [3.8, 4) is 27.9 Å². The van der Waals surface area contributed by atoms with Crippen LogP contribution < -0.4 is 15.1 Å². The molecule has 3 aromatic heterocycles. The Morgan fingerprint density at radius 1 is 0.588 bits per heavy atom. The Bertz CT molecular complexity index is 3910. The van der Waals surface area contributed by atoms with Crippen LogP contribution in [0.5, 0.6) is 0 Å². The maximum Gasteiger partial charge on any atom is 0.343 e. The molecular weight excluding hydrogens is 844 g/mol. The van der Waals surface area contributed by atoms with E-state index in [0.29, 0.717) is 0 Å². The zero-order valence-electron chi connectivity index (χ0n) is 41.7. The molecule has 0 radical (unpaired) electrons. The van der Waals surface area contributed by atoms with Crippen molar-refractivity contribution in [1.82, 2.24) is 4.57 Å². The van der Waals surface area contributed by atoms with E-state index in [-0.39, 0.29) is 33.9 Å². The highest BCUT2D eigenvalue weighted by Crippen LogP contribution is 2.58. The van der Waals surface area contributed by atoms with Crippen LogP contribution in [0.3, 0.4) is 0 Å². The van der Waals surface area contributed by atoms with Crippen molar-refractivity contribution in [3.63, 3.8) is 0 Å². The summed E-state index contributed by atoms with van der Waals surface area (Å²) in [5, 5.41) is 6.38. The molecule has 0 N–H and O–H groups in total. The first-order chi connectivity index (χ1) is 32.2. The highest BCUT2D eigenvalue weighted by atomic mass is 32.1. The normalized spacial score (nSPS) is 17.3. The second-order valence-electron chi connectivity index (χ2n) is 24.8. The summed E-state index contributed by atoms with van der Waals surface area (Å²) in [5.74, 6) is 0. The summed E-state index contributed by atoms with van der Waals surface area (Å²) in [7, 11) is 0. The van der Waals surface area contributed by atoms with Crippen LogP contribution in [-0.2, 0) is 27.1 Å². The average Bonchev–Trinajstić information content (AvgIpc) is 4.02. The van der Waals surface area contributed by atoms with E-state index < -0.39 is 0 Å². The Balaban J connectivity index is 1.23. The van der Waals surface area contributed by atoms with Crippen molar-refractivity contribution in [2.24, 2.45) is 0 Å². The minimum atomic E-state index is -0.174. The molecule has 0 saturated heterocycles. The number of thiophene rings is 1. The number of hydrogen-bond donors (Lipinski definition) is 0. The predicted octanol–water partition coefficient (Wildman–Crippen LogP) is 16.4. The molecule has 2 aliphatic carbocycles. The zero-order valence-corrected chi connectivity index (χ0v) is 42.5. The van der Waals surface area contributed by atoms with E-state index in [1.165, 1.54) is 138 Å². The largest absolute Gasteiger partial charge is 0.455 e. The lowest BCUT2D eigenvalue weighted by atomic mass is 9.47. The monoisotopic (exact) mass is 902 g/mol. The minimum absolute atomic E-state index is 0.0254. The molecular formula is C63H59BN2OS. The van der Waals surface area contributed by atoms with E-state index in [1.807, 2.05) is 11.3 Å². The maximum absolute atomic E-state index is 7.40. The van der Waals surface area contributed by atoms with Gasteiger partial charge in [0.15, 0.2) is 0 Å². The van der Waals surface area contributed by atoms with Crippen LogP contribution in [0.1, 0.15) is 129 Å². The van der Waals surface area contributed by atoms with Crippen LogP contribution in [-0.4, -0.2) is 11.4 Å². The lowest BCUT2D eigenvalue weighted by Crippen LogP contribution is -2.59. The van der Waals surface area contributed by atoms with Gasteiger partial charge in [-0.05, 0) is 139 Å². The topological polar surface area (TPSA) is 21.3 Å². The lowest BCUT2D eigenvalue weighted by Gasteiger charge is -2.42. The van der Waals surface area contributed by atoms with Gasteiger partial charge in [-0.25, -0.2) is 0 Å². The molecule has 14 rings (SSSR count). The number of anilines is 2. The summed E-state index contributed by atoms with van der Waals surface area (Å²) in [6, 6.07) is 45.3. The Labute approximate surface area is 404 Å². The molecule has 10 aromatic rings. The lowest BCUT2D eigenvalue weighted by molar-refractivity contribution is 0.332. The summed E-state index contributed by atoms with van der Waals surface area (Å²) >= 11 is 2.03. The third-order valence-electron chi connectivity index (χ3n) is 17.3. The van der Waals surface area contributed by atoms with Crippen molar-refractivity contribution >= 4 is 93.6 Å². The van der Waals surface area contributed by atoms with Gasteiger partial charge in [0, 0.05) is 64.3 Å². The van der Waals surface area contributed by atoms with Crippen molar-refractivity contribution in [1.29, 1.82) is 0 Å². The molecule has 0 atom stereocenters. The number of hydrogen-bond acceptors (Lipinski definition) is 3. The first kappa shape index (κ1) is 41.0. The zero-order chi connectivity index (χ0) is 46.9. The molecule has 68 heavy (non-hydrogen) atoms. The SMILES string of the molecule is CC(C)(C)c1ccc(N2B3c4sc5cc6c(cc5c4-n4c5ccc(C(C)(C)C)cc5c5c7c(oc8ccccc87)c(c3c54)-c3cc4c(cc32)C(C)(C)c2ccccc2-4)C(C)(C)CCC6(C)C)cc1. The van der Waals surface area contributed by atoms with Crippen molar-refractivity contribution in [2.45, 2.75) is 123 Å². The summed E-state index contributed by atoms with van der Waals surface area (Å²) in [5.41, 5.74) is 23.3. The van der Waals surface area contributed by atoms with E-state index in [1.54, 1.807) is 0 Å². The summed E-state index contributed by atoms with van der Waals surface area (Å²) in [6.07, 6.45) is 2.36. The molecule has 0 unspecified atom stereocenters. The standard InChI is InChI=1S/C63H59BN2OS/c1-59(2,3)34-21-24-36(25-22-34)66-48-32-44-39(37-17-13-15-19-43(37)63(44,11)12)30-41(48)53-54-56-51(52-38-18-14-16-20-49(38)67-57(52)53)40-29-35(60(4,5)6)23-26-47(40)65(56)55-42-31-45-46(33-50(42)68-58(55)64(54)66)62(9,10)28-27-61(45,7)8/h13-26,29-33H,27-28H2,1-12H3. The molecule has 0 fully saturated rings. The van der Waals surface area contributed by atoms with E-state index in [9.17, 15) is 0 Å². The number of benzene rings is 7. The second kappa shape index (κ2) is 12.8. The highest BCUT2D eigenvalue weighted by molar-refractivity contribution is 7.32. The molecule has 2 aliphatic heterocycles. The smallest absolute Gasteiger partial charge is 0.343 e. The van der Waals surface area contributed by atoms with Gasteiger partial charge in [0.25, 0.3) is 0 Å². The fourth-order valence-corrected chi connectivity index (χ4v) is 14.7. The fraction of sp³-hybridized carbons (Fsp3) is 0.302. The molecule has 5 heterocycles. The van der Waals surface area contributed by atoms with E-state index in [4.69, 9.17) is 4.42 Å². The first-order valence-corrected chi connectivity index (χ1v) is 25.8. The number of furan rings is 1. The Hall–Kier alpha value is -6.04. The van der Waals surface area contributed by atoms with Gasteiger partial charge in [0.2, 0.25) is 0 Å². The number of para-hydroxylation sites is 1. The van der Waals surface area contributed by atoms with Gasteiger partial charge in [-0.15, -0.1) is 11.3 Å². The van der Waals surface area contributed by atoms with Crippen LogP contribution in [0.4, 0.5) is 11.4 Å². The third-order valence-corrected chi connectivity index (χ3v) is 18.5. The Morgan fingerprint density at radius 2 is 1.26 bits per heavy atom. The van der Waals surface area contributed by atoms with Gasteiger partial charge >= 0.3 is 6.85 Å². The van der Waals surface area contributed by atoms with Crippen LogP contribution in [0.25, 0.3) is 81.8 Å². The van der Waals surface area contributed by atoms with Crippen LogP contribution in [0.15, 0.2) is 120 Å². The molecule has 7 aromatic carbocycles. The van der Waals surface area contributed by atoms with Crippen molar-refractivity contribution in [3.05, 3.63) is 149 Å². The minimum Gasteiger partial charge on any atom is -0.455 e. The van der Waals surface area contributed by atoms with Gasteiger partial charge in [0.1, 0.15) is 11.2 Å². The number of aromatic nitrogens is 1. The molecule has 0 bridgehead atoms. The van der Waals surface area contributed by atoms with Crippen LogP contribution in [0, 0.1) is 0 Å². The van der Waals surface area contributed by atoms with E-state index in [0.717, 1.165) is 11.2 Å². The van der Waals surface area contributed by atoms with Crippen LogP contribution in [0.2, 0.25) is 0 Å². The summed E-state index contributed by atoms with van der Waals surface area (Å²) < 4.78 is 12.9. The highest BCUT2D eigenvalue weighted by Gasteiger charge is 2.50. The molecule has 4 aliphatic rings. The fourth-order valence-electron chi connectivity index (χ4n) is 13.4. The van der Waals surface area contributed by atoms with Gasteiger partial charge in [0.05, 0.1) is 16.7 Å².